The minimum atomic E-state index is -4.62. The number of nitrogens with one attached hydrogen (secondary N) is 1. The molecule has 0 spiro atoms. The number of imidazole rings is 1. The van der Waals surface area contributed by atoms with Crippen molar-refractivity contribution in [3.8, 4) is 11.8 Å². The summed E-state index contributed by atoms with van der Waals surface area (Å²) >= 11 is 0. The van der Waals surface area contributed by atoms with Crippen molar-refractivity contribution in [1.29, 1.82) is 0 Å². The number of likely N-dealkylation sites (N-methyl/N-ethyl adjacent to an activating group) is 1. The Bertz CT molecular complexity index is 1490. The maximum Gasteiger partial charge on any atom is 0.416 e. The Balaban J connectivity index is 1.47. The first kappa shape index (κ1) is 27.8. The van der Waals surface area contributed by atoms with Crippen molar-refractivity contribution in [2.75, 3.05) is 39.8 Å². The van der Waals surface area contributed by atoms with Crippen molar-refractivity contribution in [3.05, 3.63) is 95.5 Å². The summed E-state index contributed by atoms with van der Waals surface area (Å²) in [6, 6.07) is 5.12. The molecule has 3 aromatic heterocycles. The third-order valence-corrected chi connectivity index (χ3v) is 6.20. The van der Waals surface area contributed by atoms with E-state index in [1.165, 1.54) is 24.5 Å². The van der Waals surface area contributed by atoms with E-state index in [2.05, 4.69) is 43.7 Å². The summed E-state index contributed by atoms with van der Waals surface area (Å²) in [5, 5.41) is 6.63. The summed E-state index contributed by atoms with van der Waals surface area (Å²) in [5.74, 6) is 5.54. The molecule has 8 nitrogen and oxygen atoms in total. The lowest BCUT2D eigenvalue weighted by molar-refractivity contribution is -0.0899. The number of rotatable bonds is 6. The van der Waals surface area contributed by atoms with Crippen molar-refractivity contribution in [2.45, 2.75) is 13.1 Å². The molecule has 1 N–H and O–H groups in total. The van der Waals surface area contributed by atoms with Gasteiger partial charge in [0.15, 0.2) is 0 Å². The second kappa shape index (κ2) is 12.1. The van der Waals surface area contributed by atoms with Gasteiger partial charge in [-0.2, -0.15) is 18.3 Å². The molecule has 0 saturated carbocycles. The molecular formula is C28H28F3N7O. The van der Waals surface area contributed by atoms with E-state index in [1.54, 1.807) is 29.9 Å². The molecule has 4 rings (SSSR count). The highest BCUT2D eigenvalue weighted by Gasteiger charge is 2.36. The Morgan fingerprint density at radius 1 is 1.18 bits per heavy atom. The minimum Gasteiger partial charge on any atom is -0.322 e. The summed E-state index contributed by atoms with van der Waals surface area (Å²) in [5.41, 5.74) is 0.435. The molecule has 0 aromatic carbocycles. The summed E-state index contributed by atoms with van der Waals surface area (Å²) in [4.78, 5) is 25.2. The lowest BCUT2D eigenvalue weighted by Crippen LogP contribution is -2.45. The Hall–Kier alpha value is -4.27. The van der Waals surface area contributed by atoms with Gasteiger partial charge in [-0.1, -0.05) is 18.6 Å². The molecular weight excluding hydrogens is 507 g/mol. The number of carbonyl (C=O) groups is 1. The number of halogens is 3. The summed E-state index contributed by atoms with van der Waals surface area (Å²) in [7, 11) is 1.98. The quantitative estimate of drug-likeness (QED) is 0.385. The molecule has 1 amide bonds. The highest BCUT2D eigenvalue weighted by atomic mass is 19.4. The number of hydrogen-bond donors (Lipinski definition) is 1. The van der Waals surface area contributed by atoms with Gasteiger partial charge < -0.3 is 10.2 Å². The van der Waals surface area contributed by atoms with Crippen LogP contribution in [0.2, 0.25) is 0 Å². The van der Waals surface area contributed by atoms with Crippen molar-refractivity contribution in [1.82, 2.24) is 34.7 Å². The molecule has 39 heavy (non-hydrogen) atoms. The number of alkyl halides is 3. The van der Waals surface area contributed by atoms with Gasteiger partial charge in [-0.25, -0.2) is 9.50 Å². The third kappa shape index (κ3) is 7.19. The van der Waals surface area contributed by atoms with Crippen LogP contribution in [0.1, 0.15) is 28.7 Å². The van der Waals surface area contributed by atoms with Gasteiger partial charge in [-0.05, 0) is 49.7 Å². The SMILES string of the molecule is C=C(/C=C(\C(=C/C)CN1CCN(C)CC1)C(F)(F)F)NC(=O)c1cncc(C#Cc2ncc3cccnn23)c1. The van der Waals surface area contributed by atoms with Crippen LogP contribution in [0.15, 0.2) is 78.6 Å². The van der Waals surface area contributed by atoms with Crippen molar-refractivity contribution < 1.29 is 18.0 Å². The smallest absolute Gasteiger partial charge is 0.322 e. The first-order valence-corrected chi connectivity index (χ1v) is 12.3. The highest BCUT2D eigenvalue weighted by molar-refractivity contribution is 5.95. The van der Waals surface area contributed by atoms with Crippen LogP contribution in [-0.2, 0) is 0 Å². The van der Waals surface area contributed by atoms with Gasteiger partial charge in [0.2, 0.25) is 5.82 Å². The van der Waals surface area contributed by atoms with Crippen LogP contribution in [0.25, 0.3) is 5.52 Å². The zero-order valence-corrected chi connectivity index (χ0v) is 21.7. The monoisotopic (exact) mass is 535 g/mol. The molecule has 0 bridgehead atoms. The lowest BCUT2D eigenvalue weighted by Gasteiger charge is -2.33. The van der Waals surface area contributed by atoms with Gasteiger partial charge >= 0.3 is 6.18 Å². The fourth-order valence-corrected chi connectivity index (χ4v) is 4.05. The van der Waals surface area contributed by atoms with Crippen molar-refractivity contribution >= 4 is 11.4 Å². The van der Waals surface area contributed by atoms with E-state index in [-0.39, 0.29) is 23.4 Å². The molecule has 1 saturated heterocycles. The number of pyridine rings is 1. The molecule has 202 valence electrons. The first-order chi connectivity index (χ1) is 18.6. The second-order valence-electron chi connectivity index (χ2n) is 9.08. The maximum absolute atomic E-state index is 14.0. The summed E-state index contributed by atoms with van der Waals surface area (Å²) < 4.78 is 43.6. The third-order valence-electron chi connectivity index (χ3n) is 6.20. The highest BCUT2D eigenvalue weighted by Crippen LogP contribution is 2.32. The second-order valence-corrected chi connectivity index (χ2v) is 9.08. The molecule has 0 atom stereocenters. The van der Waals surface area contributed by atoms with E-state index in [4.69, 9.17) is 0 Å². The van der Waals surface area contributed by atoms with Gasteiger partial charge in [-0.3, -0.25) is 14.7 Å². The van der Waals surface area contributed by atoms with Crippen LogP contribution < -0.4 is 5.32 Å². The van der Waals surface area contributed by atoms with E-state index >= 15 is 0 Å². The Kier molecular flexibility index (Phi) is 8.59. The first-order valence-electron chi connectivity index (χ1n) is 12.3. The van der Waals surface area contributed by atoms with E-state index < -0.39 is 17.7 Å². The summed E-state index contributed by atoms with van der Waals surface area (Å²) in [6.45, 7) is 8.31. The molecule has 11 heteroatoms. The van der Waals surface area contributed by atoms with Gasteiger partial charge in [0, 0.05) is 62.6 Å². The van der Waals surface area contributed by atoms with Crippen LogP contribution in [0.3, 0.4) is 0 Å². The topological polar surface area (TPSA) is 78.7 Å². The number of fused-ring (bicyclic) bond motifs is 1. The summed E-state index contributed by atoms with van der Waals surface area (Å²) in [6.07, 6.45) is 3.74. The largest absolute Gasteiger partial charge is 0.416 e. The average Bonchev–Trinajstić information content (AvgIpc) is 3.33. The van der Waals surface area contributed by atoms with Gasteiger partial charge in [-0.15, -0.1) is 0 Å². The van der Waals surface area contributed by atoms with Crippen LogP contribution in [-0.4, -0.2) is 81.2 Å². The van der Waals surface area contributed by atoms with Crippen LogP contribution in [0.5, 0.6) is 0 Å². The van der Waals surface area contributed by atoms with Crippen LogP contribution in [0, 0.1) is 11.8 Å². The normalized spacial score (nSPS) is 15.6. The van der Waals surface area contributed by atoms with E-state index in [0.29, 0.717) is 24.5 Å². The Labute approximate surface area is 224 Å². The number of hydrogen-bond acceptors (Lipinski definition) is 6. The maximum atomic E-state index is 14.0. The molecule has 1 aliphatic heterocycles. The molecule has 1 aliphatic rings. The lowest BCUT2D eigenvalue weighted by atomic mass is 10.0. The molecule has 0 unspecified atom stereocenters. The standard InChI is InChI=1S/C28H28F3N7O/c1-4-22(19-37-12-10-36(3)11-13-37)25(28(29,30)31)14-20(2)35-27(39)23-15-21(16-32-17-23)7-8-26-33-18-24-6-5-9-34-38(24)26/h4-6,9,14-18H,2,10-13,19H2,1,3H3,(H,35,39)/b22-4-,25-14+. The minimum absolute atomic E-state index is 0.125. The molecule has 4 heterocycles. The van der Waals surface area contributed by atoms with Gasteiger partial charge in [0.25, 0.3) is 5.91 Å². The molecule has 0 aliphatic carbocycles. The number of piperazine rings is 1. The van der Waals surface area contributed by atoms with Crippen LogP contribution in [0.4, 0.5) is 13.2 Å². The van der Waals surface area contributed by atoms with Crippen molar-refractivity contribution in [3.63, 3.8) is 0 Å². The Morgan fingerprint density at radius 3 is 2.67 bits per heavy atom. The average molecular weight is 536 g/mol. The predicted octanol–water partition coefficient (Wildman–Crippen LogP) is 3.45. The van der Waals surface area contributed by atoms with Crippen molar-refractivity contribution in [2.24, 2.45) is 0 Å². The van der Waals surface area contributed by atoms with Gasteiger partial charge in [0.1, 0.15) is 0 Å². The zero-order chi connectivity index (χ0) is 28.0. The van der Waals surface area contributed by atoms with Gasteiger partial charge in [0.05, 0.1) is 22.9 Å². The zero-order valence-electron chi connectivity index (χ0n) is 21.7. The number of amides is 1. The molecule has 1 fully saturated rings. The fraction of sp³-hybridized carbons (Fsp3) is 0.286. The molecule has 3 aromatic rings. The Morgan fingerprint density at radius 2 is 1.95 bits per heavy atom. The number of allylic oxidation sites excluding steroid dienone is 2. The fourth-order valence-electron chi connectivity index (χ4n) is 4.05. The number of aromatic nitrogens is 4. The molecule has 0 radical (unpaired) electrons. The van der Waals surface area contributed by atoms with E-state index in [0.717, 1.165) is 24.7 Å². The van der Waals surface area contributed by atoms with Crippen LogP contribution >= 0.6 is 0 Å². The van der Waals surface area contributed by atoms with E-state index in [1.807, 2.05) is 18.0 Å². The number of carbonyl (C=O) groups excluding carboxylic acids is 1. The number of nitrogens with zero attached hydrogens (tertiary/aromatic N) is 6. The predicted molar refractivity (Wildman–Crippen MR) is 142 cm³/mol. The van der Waals surface area contributed by atoms with E-state index in [9.17, 15) is 18.0 Å².